The zero-order valence-electron chi connectivity index (χ0n) is 9.07. The summed E-state index contributed by atoms with van der Waals surface area (Å²) in [6.07, 6.45) is 1.42. The molecule has 1 saturated heterocycles. The van der Waals surface area contributed by atoms with Crippen molar-refractivity contribution in [2.45, 2.75) is 12.8 Å². The van der Waals surface area contributed by atoms with E-state index in [2.05, 4.69) is 11.4 Å². The molecule has 1 fully saturated rings. The number of piperidine rings is 1. The van der Waals surface area contributed by atoms with Crippen LogP contribution in [0.5, 0.6) is 0 Å². The minimum absolute atomic E-state index is 0.0988. The standard InChI is InChI=1S/C13H14N2O/c14-8-11-3-1-10(2-4-11)7-12-9-15-6-5-13(12)16/h1-4,12,15H,5-7,9H2. The van der Waals surface area contributed by atoms with E-state index in [4.69, 9.17) is 5.26 Å². The zero-order chi connectivity index (χ0) is 11.4. The Morgan fingerprint density at radius 1 is 1.38 bits per heavy atom. The number of ketones is 1. The van der Waals surface area contributed by atoms with Crippen LogP contribution >= 0.6 is 0 Å². The van der Waals surface area contributed by atoms with Crippen molar-refractivity contribution >= 4 is 5.78 Å². The fourth-order valence-electron chi connectivity index (χ4n) is 1.99. The van der Waals surface area contributed by atoms with Gasteiger partial charge in [0.2, 0.25) is 0 Å². The molecule has 1 aliphatic rings. The second-order valence-corrected chi connectivity index (χ2v) is 4.13. The summed E-state index contributed by atoms with van der Waals surface area (Å²) in [5, 5.41) is 11.9. The third-order valence-electron chi connectivity index (χ3n) is 2.96. The normalized spacial score (nSPS) is 20.4. The van der Waals surface area contributed by atoms with E-state index >= 15 is 0 Å². The average molecular weight is 214 g/mol. The summed E-state index contributed by atoms with van der Waals surface area (Å²) in [6, 6.07) is 9.55. The summed E-state index contributed by atoms with van der Waals surface area (Å²) in [4.78, 5) is 11.6. The molecule has 16 heavy (non-hydrogen) atoms. The summed E-state index contributed by atoms with van der Waals surface area (Å²) >= 11 is 0. The van der Waals surface area contributed by atoms with Crippen LogP contribution in [0.25, 0.3) is 0 Å². The predicted molar refractivity (Wildman–Crippen MR) is 60.8 cm³/mol. The maximum atomic E-state index is 11.6. The fraction of sp³-hybridized carbons (Fsp3) is 0.385. The lowest BCUT2D eigenvalue weighted by Gasteiger charge is -2.21. The molecule has 1 atom stereocenters. The molecule has 1 aromatic carbocycles. The van der Waals surface area contributed by atoms with Gasteiger partial charge in [0.05, 0.1) is 11.6 Å². The van der Waals surface area contributed by atoms with Gasteiger partial charge in [-0.15, -0.1) is 0 Å². The van der Waals surface area contributed by atoms with Gasteiger partial charge in [-0.3, -0.25) is 4.79 Å². The molecule has 3 nitrogen and oxygen atoms in total. The largest absolute Gasteiger partial charge is 0.316 e. The lowest BCUT2D eigenvalue weighted by Crippen LogP contribution is -2.37. The summed E-state index contributed by atoms with van der Waals surface area (Å²) in [5.41, 5.74) is 1.79. The number of carbonyl (C=O) groups is 1. The third-order valence-corrected chi connectivity index (χ3v) is 2.96. The molecule has 0 aliphatic carbocycles. The second kappa shape index (κ2) is 4.91. The van der Waals surface area contributed by atoms with Crippen LogP contribution in [0, 0.1) is 17.2 Å². The number of nitriles is 1. The Hall–Kier alpha value is -1.66. The monoisotopic (exact) mass is 214 g/mol. The van der Waals surface area contributed by atoms with Crippen molar-refractivity contribution in [1.82, 2.24) is 5.32 Å². The van der Waals surface area contributed by atoms with Crippen LogP contribution < -0.4 is 5.32 Å². The first kappa shape index (κ1) is 10.8. The van der Waals surface area contributed by atoms with Crippen LogP contribution in [0.2, 0.25) is 0 Å². The molecule has 1 heterocycles. The Balaban J connectivity index is 2.03. The maximum Gasteiger partial charge on any atom is 0.138 e. The smallest absolute Gasteiger partial charge is 0.138 e. The Bertz CT molecular complexity index is 417. The molecule has 0 aromatic heterocycles. The van der Waals surface area contributed by atoms with Gasteiger partial charge < -0.3 is 5.32 Å². The highest BCUT2D eigenvalue weighted by molar-refractivity contribution is 5.82. The number of rotatable bonds is 2. The quantitative estimate of drug-likeness (QED) is 0.806. The predicted octanol–water partition coefficient (Wildman–Crippen LogP) is 1.28. The highest BCUT2D eigenvalue weighted by atomic mass is 16.1. The Morgan fingerprint density at radius 2 is 2.12 bits per heavy atom. The van der Waals surface area contributed by atoms with Crippen LogP contribution in [-0.4, -0.2) is 18.9 Å². The molecule has 0 amide bonds. The van der Waals surface area contributed by atoms with Gasteiger partial charge in [-0.05, 0) is 24.1 Å². The first-order chi connectivity index (χ1) is 7.79. The lowest BCUT2D eigenvalue weighted by atomic mass is 9.91. The van der Waals surface area contributed by atoms with E-state index in [1.165, 1.54) is 0 Å². The summed E-state index contributed by atoms with van der Waals surface area (Å²) in [7, 11) is 0. The van der Waals surface area contributed by atoms with Gasteiger partial charge in [0, 0.05) is 25.4 Å². The average Bonchev–Trinajstić information content (AvgIpc) is 2.33. The molecule has 82 valence electrons. The summed E-state index contributed by atoms with van der Waals surface area (Å²) in [6.45, 7) is 1.58. The van der Waals surface area contributed by atoms with Crippen molar-refractivity contribution in [2.75, 3.05) is 13.1 Å². The van der Waals surface area contributed by atoms with E-state index in [9.17, 15) is 4.79 Å². The maximum absolute atomic E-state index is 11.6. The number of benzene rings is 1. The van der Waals surface area contributed by atoms with Gasteiger partial charge in [0.1, 0.15) is 5.78 Å². The third kappa shape index (κ3) is 2.47. The van der Waals surface area contributed by atoms with Gasteiger partial charge >= 0.3 is 0 Å². The highest BCUT2D eigenvalue weighted by Gasteiger charge is 2.21. The van der Waals surface area contributed by atoms with Crippen LogP contribution in [0.3, 0.4) is 0 Å². The van der Waals surface area contributed by atoms with E-state index in [0.29, 0.717) is 17.8 Å². The van der Waals surface area contributed by atoms with E-state index in [1.54, 1.807) is 12.1 Å². The van der Waals surface area contributed by atoms with E-state index in [-0.39, 0.29) is 5.92 Å². The molecule has 1 N–H and O–H groups in total. The number of hydrogen-bond donors (Lipinski definition) is 1. The molecule has 3 heteroatoms. The van der Waals surface area contributed by atoms with Gasteiger partial charge in [0.15, 0.2) is 0 Å². The number of Topliss-reactive ketones (excluding diaryl/α,β-unsaturated/α-hetero) is 1. The van der Waals surface area contributed by atoms with Crippen LogP contribution in [0.4, 0.5) is 0 Å². The number of hydrogen-bond acceptors (Lipinski definition) is 3. The Morgan fingerprint density at radius 3 is 2.75 bits per heavy atom. The lowest BCUT2D eigenvalue weighted by molar-refractivity contribution is -0.123. The van der Waals surface area contributed by atoms with Crippen molar-refractivity contribution in [2.24, 2.45) is 5.92 Å². The first-order valence-electron chi connectivity index (χ1n) is 5.52. The minimum atomic E-state index is 0.0988. The molecular weight excluding hydrogens is 200 g/mol. The van der Waals surface area contributed by atoms with Gasteiger partial charge in [-0.1, -0.05) is 12.1 Å². The highest BCUT2D eigenvalue weighted by Crippen LogP contribution is 2.14. The van der Waals surface area contributed by atoms with Crippen LogP contribution in [0.15, 0.2) is 24.3 Å². The van der Waals surface area contributed by atoms with Crippen molar-refractivity contribution in [3.05, 3.63) is 35.4 Å². The summed E-state index contributed by atoms with van der Waals surface area (Å²) < 4.78 is 0. The number of nitrogens with one attached hydrogen (secondary N) is 1. The fourth-order valence-corrected chi connectivity index (χ4v) is 1.99. The molecule has 0 radical (unpaired) electrons. The Labute approximate surface area is 95.1 Å². The van der Waals surface area contributed by atoms with E-state index in [1.807, 2.05) is 12.1 Å². The molecule has 1 aromatic rings. The number of carbonyl (C=O) groups excluding carboxylic acids is 1. The molecule has 1 aliphatic heterocycles. The van der Waals surface area contributed by atoms with Crippen molar-refractivity contribution in [3.8, 4) is 6.07 Å². The van der Waals surface area contributed by atoms with E-state index in [0.717, 1.165) is 25.1 Å². The molecule has 0 saturated carbocycles. The summed E-state index contributed by atoms with van der Waals surface area (Å²) in [5.74, 6) is 0.449. The SMILES string of the molecule is N#Cc1ccc(CC2CNCCC2=O)cc1. The van der Waals surface area contributed by atoms with Gasteiger partial charge in [-0.25, -0.2) is 0 Å². The molecule has 0 bridgehead atoms. The molecule has 0 spiro atoms. The molecule has 1 unspecified atom stereocenters. The molecular formula is C13H14N2O. The molecule has 2 rings (SSSR count). The van der Waals surface area contributed by atoms with Crippen molar-refractivity contribution < 1.29 is 4.79 Å². The Kier molecular flexibility index (Phi) is 3.33. The van der Waals surface area contributed by atoms with E-state index < -0.39 is 0 Å². The van der Waals surface area contributed by atoms with Crippen LogP contribution in [-0.2, 0) is 11.2 Å². The zero-order valence-corrected chi connectivity index (χ0v) is 9.07. The van der Waals surface area contributed by atoms with Crippen molar-refractivity contribution in [1.29, 1.82) is 5.26 Å². The van der Waals surface area contributed by atoms with Crippen molar-refractivity contribution in [3.63, 3.8) is 0 Å². The van der Waals surface area contributed by atoms with Gasteiger partial charge in [-0.2, -0.15) is 5.26 Å². The number of nitrogens with zero attached hydrogens (tertiary/aromatic N) is 1. The second-order valence-electron chi connectivity index (χ2n) is 4.13. The van der Waals surface area contributed by atoms with Gasteiger partial charge in [0.25, 0.3) is 0 Å². The minimum Gasteiger partial charge on any atom is -0.316 e. The van der Waals surface area contributed by atoms with Crippen LogP contribution in [0.1, 0.15) is 17.5 Å². The first-order valence-corrected chi connectivity index (χ1v) is 5.52. The topological polar surface area (TPSA) is 52.9 Å².